The van der Waals surface area contributed by atoms with Crippen molar-refractivity contribution in [1.29, 1.82) is 0 Å². The molecule has 0 aliphatic heterocycles. The average molecular weight is 345 g/mol. The van der Waals surface area contributed by atoms with Crippen molar-refractivity contribution < 1.29 is 8.42 Å². The molecule has 0 aromatic heterocycles. The third-order valence-electron chi connectivity index (χ3n) is 2.92. The van der Waals surface area contributed by atoms with Crippen molar-refractivity contribution in [2.75, 3.05) is 0 Å². The van der Waals surface area contributed by atoms with Crippen molar-refractivity contribution in [3.05, 3.63) is 63.6 Å². The molecule has 0 saturated heterocycles. The van der Waals surface area contributed by atoms with Crippen LogP contribution in [0.5, 0.6) is 0 Å². The molecule has 0 atom stereocenters. The summed E-state index contributed by atoms with van der Waals surface area (Å²) in [6.45, 7) is 0.317. The molecule has 2 aromatic rings. The second-order valence-electron chi connectivity index (χ2n) is 4.39. The fourth-order valence-corrected chi connectivity index (χ4v) is 3.68. The number of hydrogen-bond donors (Lipinski definition) is 2. The van der Waals surface area contributed by atoms with Gasteiger partial charge in [-0.3, -0.25) is 0 Å². The van der Waals surface area contributed by atoms with Gasteiger partial charge in [0.05, 0.1) is 5.02 Å². The lowest BCUT2D eigenvalue weighted by molar-refractivity contribution is 0.581. The second-order valence-corrected chi connectivity index (χ2v) is 6.94. The minimum atomic E-state index is -3.73. The molecule has 0 aliphatic rings. The first-order chi connectivity index (χ1) is 9.94. The van der Waals surface area contributed by atoms with Gasteiger partial charge in [-0.1, -0.05) is 53.5 Å². The number of rotatable bonds is 5. The largest absolute Gasteiger partial charge is 0.326 e. The molecule has 0 radical (unpaired) electrons. The molecule has 0 amide bonds. The van der Waals surface area contributed by atoms with E-state index in [2.05, 4.69) is 4.72 Å². The zero-order valence-electron chi connectivity index (χ0n) is 11.0. The van der Waals surface area contributed by atoms with Crippen LogP contribution in [-0.2, 0) is 23.1 Å². The summed E-state index contributed by atoms with van der Waals surface area (Å²) in [5.41, 5.74) is 6.92. The van der Waals surface area contributed by atoms with Gasteiger partial charge < -0.3 is 5.73 Å². The maximum Gasteiger partial charge on any atom is 0.242 e. The Balaban J connectivity index is 2.27. The topological polar surface area (TPSA) is 72.2 Å². The van der Waals surface area contributed by atoms with E-state index in [1.54, 1.807) is 0 Å². The highest BCUT2D eigenvalue weighted by atomic mass is 35.5. The molecule has 21 heavy (non-hydrogen) atoms. The van der Waals surface area contributed by atoms with Crippen molar-refractivity contribution in [2.24, 2.45) is 5.73 Å². The molecular formula is C14H14Cl2N2O2S. The molecule has 112 valence electrons. The predicted octanol–water partition coefficient (Wildman–Crippen LogP) is 2.93. The molecule has 3 N–H and O–H groups in total. The van der Waals surface area contributed by atoms with E-state index < -0.39 is 10.0 Å². The number of hydrogen-bond acceptors (Lipinski definition) is 3. The van der Waals surface area contributed by atoms with Crippen molar-refractivity contribution in [1.82, 2.24) is 4.72 Å². The normalized spacial score (nSPS) is 11.6. The number of halogens is 2. The SMILES string of the molecule is NCc1cc(S(=O)(=O)NCc2ccccc2)c(Cl)cc1Cl. The van der Waals surface area contributed by atoms with Gasteiger partial charge in [-0.2, -0.15) is 0 Å². The summed E-state index contributed by atoms with van der Waals surface area (Å²) in [7, 11) is -3.73. The van der Waals surface area contributed by atoms with Crippen LogP contribution in [0.4, 0.5) is 0 Å². The van der Waals surface area contributed by atoms with Crippen LogP contribution in [0.1, 0.15) is 11.1 Å². The Labute approximate surface area is 133 Å². The zero-order chi connectivity index (χ0) is 15.5. The summed E-state index contributed by atoms with van der Waals surface area (Å²) < 4.78 is 27.2. The van der Waals surface area contributed by atoms with E-state index in [1.165, 1.54) is 12.1 Å². The Bertz CT molecular complexity index is 734. The van der Waals surface area contributed by atoms with Gasteiger partial charge in [-0.15, -0.1) is 0 Å². The Morgan fingerprint density at radius 1 is 1.05 bits per heavy atom. The predicted molar refractivity (Wildman–Crippen MR) is 84.8 cm³/mol. The van der Waals surface area contributed by atoms with Crippen LogP contribution in [0.25, 0.3) is 0 Å². The summed E-state index contributed by atoms with van der Waals surface area (Å²) in [6.07, 6.45) is 0. The molecule has 4 nitrogen and oxygen atoms in total. The number of nitrogens with two attached hydrogens (primary N) is 1. The first-order valence-electron chi connectivity index (χ1n) is 6.15. The van der Waals surface area contributed by atoms with Crippen LogP contribution in [0.15, 0.2) is 47.4 Å². The van der Waals surface area contributed by atoms with Gasteiger partial charge in [-0.05, 0) is 23.3 Å². The fourth-order valence-electron chi connectivity index (χ4n) is 1.79. The third-order valence-corrected chi connectivity index (χ3v) is 5.14. The van der Waals surface area contributed by atoms with Gasteiger partial charge in [0, 0.05) is 18.1 Å². The Morgan fingerprint density at radius 2 is 1.71 bits per heavy atom. The smallest absolute Gasteiger partial charge is 0.242 e. The van der Waals surface area contributed by atoms with Crippen LogP contribution in [0, 0.1) is 0 Å². The molecule has 2 rings (SSSR count). The van der Waals surface area contributed by atoms with Crippen LogP contribution < -0.4 is 10.5 Å². The zero-order valence-corrected chi connectivity index (χ0v) is 13.3. The summed E-state index contributed by atoms with van der Waals surface area (Å²) in [5.74, 6) is 0. The highest BCUT2D eigenvalue weighted by Gasteiger charge is 2.19. The summed E-state index contributed by atoms with van der Waals surface area (Å²) in [6, 6.07) is 12.0. The molecule has 7 heteroatoms. The highest BCUT2D eigenvalue weighted by molar-refractivity contribution is 7.89. The minimum Gasteiger partial charge on any atom is -0.326 e. The van der Waals surface area contributed by atoms with Crippen molar-refractivity contribution >= 4 is 33.2 Å². The number of nitrogens with one attached hydrogen (secondary N) is 1. The standard InChI is InChI=1S/C14H14Cl2N2O2S/c15-12-7-13(16)14(6-11(12)8-17)21(19,20)18-9-10-4-2-1-3-5-10/h1-7,18H,8-9,17H2. The van der Waals surface area contributed by atoms with E-state index >= 15 is 0 Å². The lowest BCUT2D eigenvalue weighted by Crippen LogP contribution is -2.23. The second kappa shape index (κ2) is 6.77. The molecule has 0 saturated carbocycles. The monoisotopic (exact) mass is 344 g/mol. The molecule has 0 unspecified atom stereocenters. The maximum absolute atomic E-state index is 12.3. The van der Waals surface area contributed by atoms with E-state index in [-0.39, 0.29) is 23.0 Å². The molecule has 0 bridgehead atoms. The summed E-state index contributed by atoms with van der Waals surface area (Å²) in [4.78, 5) is -0.0232. The maximum atomic E-state index is 12.3. The third kappa shape index (κ3) is 3.96. The quantitative estimate of drug-likeness (QED) is 0.875. The Kier molecular flexibility index (Phi) is 5.24. The lowest BCUT2D eigenvalue weighted by Gasteiger charge is -2.11. The van der Waals surface area contributed by atoms with E-state index in [1.807, 2.05) is 30.3 Å². The molecular weight excluding hydrogens is 331 g/mol. The van der Waals surface area contributed by atoms with Crippen LogP contribution >= 0.6 is 23.2 Å². The van der Waals surface area contributed by atoms with Crippen LogP contribution in [-0.4, -0.2) is 8.42 Å². The molecule has 0 aliphatic carbocycles. The van der Waals surface area contributed by atoms with Crippen molar-refractivity contribution in [3.8, 4) is 0 Å². The molecule has 0 fully saturated rings. The Morgan fingerprint density at radius 3 is 2.33 bits per heavy atom. The average Bonchev–Trinajstić information content (AvgIpc) is 2.46. The first-order valence-corrected chi connectivity index (χ1v) is 8.39. The number of benzene rings is 2. The van der Waals surface area contributed by atoms with Gasteiger partial charge in [0.25, 0.3) is 0 Å². The van der Waals surface area contributed by atoms with Gasteiger partial charge in [-0.25, -0.2) is 13.1 Å². The number of sulfonamides is 1. The Hall–Kier alpha value is -1.11. The van der Waals surface area contributed by atoms with E-state index in [9.17, 15) is 8.42 Å². The van der Waals surface area contributed by atoms with E-state index in [0.29, 0.717) is 10.6 Å². The molecule has 2 aromatic carbocycles. The van der Waals surface area contributed by atoms with Crippen LogP contribution in [0.2, 0.25) is 10.0 Å². The summed E-state index contributed by atoms with van der Waals surface area (Å²) >= 11 is 11.9. The van der Waals surface area contributed by atoms with Gasteiger partial charge in [0.1, 0.15) is 4.90 Å². The lowest BCUT2D eigenvalue weighted by atomic mass is 10.2. The molecule has 0 spiro atoms. The first kappa shape index (κ1) is 16.3. The van der Waals surface area contributed by atoms with Crippen molar-refractivity contribution in [3.63, 3.8) is 0 Å². The van der Waals surface area contributed by atoms with E-state index in [0.717, 1.165) is 5.56 Å². The van der Waals surface area contributed by atoms with E-state index in [4.69, 9.17) is 28.9 Å². The van der Waals surface area contributed by atoms with Crippen LogP contribution in [0.3, 0.4) is 0 Å². The van der Waals surface area contributed by atoms with Crippen molar-refractivity contribution in [2.45, 2.75) is 18.0 Å². The summed E-state index contributed by atoms with van der Waals surface area (Å²) in [5, 5.41) is 0.419. The highest BCUT2D eigenvalue weighted by Crippen LogP contribution is 2.28. The van der Waals surface area contributed by atoms with Gasteiger partial charge in [0.15, 0.2) is 0 Å². The fraction of sp³-hybridized carbons (Fsp3) is 0.143. The van der Waals surface area contributed by atoms with Gasteiger partial charge in [0.2, 0.25) is 10.0 Å². The van der Waals surface area contributed by atoms with Gasteiger partial charge >= 0.3 is 0 Å². The molecule has 0 heterocycles. The minimum absolute atomic E-state index is 0.0232.